The van der Waals surface area contributed by atoms with Crippen LogP contribution >= 0.6 is 0 Å². The van der Waals surface area contributed by atoms with Crippen LogP contribution in [0.3, 0.4) is 0 Å². The van der Waals surface area contributed by atoms with Crippen molar-refractivity contribution in [3.63, 3.8) is 0 Å². The van der Waals surface area contributed by atoms with Crippen LogP contribution < -0.4 is 10.1 Å². The number of allylic oxidation sites excluding steroid dienone is 3. The number of benzene rings is 2. The predicted molar refractivity (Wildman–Crippen MR) is 128 cm³/mol. The van der Waals surface area contributed by atoms with E-state index < -0.39 is 0 Å². The lowest BCUT2D eigenvalue weighted by Gasteiger charge is -2.37. The van der Waals surface area contributed by atoms with Crippen LogP contribution in [0.1, 0.15) is 65.2 Å². The molecule has 158 valence electrons. The molecule has 2 heterocycles. The highest BCUT2D eigenvalue weighted by Crippen LogP contribution is 2.53. The van der Waals surface area contributed by atoms with E-state index in [1.807, 2.05) is 19.1 Å². The molecule has 2 aromatic rings. The molecule has 4 rings (SSSR count). The molecule has 1 unspecified atom stereocenters. The summed E-state index contributed by atoms with van der Waals surface area (Å²) in [6.45, 7) is 16.0. The second-order valence-corrected chi connectivity index (χ2v) is 8.40. The number of aromatic hydroxyl groups is 1. The number of hydrogen-bond acceptors (Lipinski definition) is 3. The van der Waals surface area contributed by atoms with Gasteiger partial charge in [-0.05, 0) is 75.9 Å². The van der Waals surface area contributed by atoms with Gasteiger partial charge in [-0.1, -0.05) is 37.3 Å². The normalized spacial score (nSPS) is 18.3. The lowest BCUT2D eigenvalue weighted by Crippen LogP contribution is -2.32. The molecule has 0 bridgehead atoms. The summed E-state index contributed by atoms with van der Waals surface area (Å²) in [4.78, 5) is 0. The second-order valence-electron chi connectivity index (χ2n) is 8.40. The predicted octanol–water partition coefficient (Wildman–Crippen LogP) is 7.65. The maximum atomic E-state index is 10.6. The number of phenols is 1. The van der Waals surface area contributed by atoms with Crippen molar-refractivity contribution in [3.8, 4) is 22.6 Å². The molecule has 2 aliphatic rings. The molecule has 0 aliphatic carbocycles. The van der Waals surface area contributed by atoms with E-state index >= 15 is 0 Å². The Morgan fingerprint density at radius 3 is 2.53 bits per heavy atom. The van der Waals surface area contributed by atoms with Gasteiger partial charge in [0.1, 0.15) is 17.6 Å². The van der Waals surface area contributed by atoms with Gasteiger partial charge in [0.25, 0.3) is 0 Å². The van der Waals surface area contributed by atoms with Gasteiger partial charge in [-0.15, -0.1) is 6.58 Å². The van der Waals surface area contributed by atoms with Crippen molar-refractivity contribution in [2.75, 3.05) is 5.32 Å². The van der Waals surface area contributed by atoms with E-state index in [1.54, 1.807) is 12.1 Å². The minimum Gasteiger partial charge on any atom is -0.507 e. The second kappa shape index (κ2) is 8.43. The zero-order chi connectivity index (χ0) is 22.1. The smallest absolute Gasteiger partial charge is 0.146 e. The Morgan fingerprint density at radius 2 is 1.90 bits per heavy atom. The molecule has 0 aromatic heterocycles. The summed E-state index contributed by atoms with van der Waals surface area (Å²) in [5.74, 6) is 1.00. The molecule has 0 fully saturated rings. The number of phenolic OH excluding ortho intramolecular Hbond substituents is 1. The zero-order valence-electron chi connectivity index (χ0n) is 19.0. The molecule has 0 spiro atoms. The first-order chi connectivity index (χ1) is 14.3. The maximum absolute atomic E-state index is 10.6. The Labute approximate surface area is 180 Å². The first-order valence-electron chi connectivity index (χ1n) is 10.6. The Kier molecular flexibility index (Phi) is 6.12. The van der Waals surface area contributed by atoms with Gasteiger partial charge in [-0.3, -0.25) is 0 Å². The molecule has 30 heavy (non-hydrogen) atoms. The lowest BCUT2D eigenvalue weighted by molar-refractivity contribution is 0.234. The summed E-state index contributed by atoms with van der Waals surface area (Å²) in [5, 5.41) is 14.2. The third kappa shape index (κ3) is 3.77. The third-order valence-corrected chi connectivity index (χ3v) is 5.57. The number of anilines is 1. The molecule has 3 heteroatoms. The first-order valence-corrected chi connectivity index (χ1v) is 10.6. The van der Waals surface area contributed by atoms with Crippen LogP contribution in [-0.4, -0.2) is 10.6 Å². The fraction of sp³-hybridized carbons (Fsp3) is 0.333. The van der Waals surface area contributed by atoms with Crippen LogP contribution in [0.25, 0.3) is 16.7 Å². The molecule has 0 saturated carbocycles. The maximum Gasteiger partial charge on any atom is 0.146 e. The van der Waals surface area contributed by atoms with E-state index in [9.17, 15) is 5.11 Å². The van der Waals surface area contributed by atoms with Crippen molar-refractivity contribution in [1.82, 2.24) is 0 Å². The van der Waals surface area contributed by atoms with Gasteiger partial charge in [0.2, 0.25) is 0 Å². The molecular weight excluding hydrogens is 370 g/mol. The minimum atomic E-state index is -0.148. The van der Waals surface area contributed by atoms with Gasteiger partial charge in [0, 0.05) is 16.8 Å². The van der Waals surface area contributed by atoms with Crippen LogP contribution in [0.5, 0.6) is 11.5 Å². The van der Waals surface area contributed by atoms with Crippen LogP contribution in [0.4, 0.5) is 5.69 Å². The summed E-state index contributed by atoms with van der Waals surface area (Å²) >= 11 is 0. The van der Waals surface area contributed by atoms with E-state index in [4.69, 9.17) is 4.74 Å². The summed E-state index contributed by atoms with van der Waals surface area (Å²) < 4.78 is 6.47. The molecule has 2 N–H and O–H groups in total. The van der Waals surface area contributed by atoms with E-state index in [-0.39, 0.29) is 17.4 Å². The summed E-state index contributed by atoms with van der Waals surface area (Å²) in [5.41, 5.74) is 7.70. The van der Waals surface area contributed by atoms with E-state index in [2.05, 4.69) is 70.8 Å². The van der Waals surface area contributed by atoms with Gasteiger partial charge in [-0.25, -0.2) is 0 Å². The number of fused-ring (bicyclic) bond motifs is 5. The average molecular weight is 404 g/mol. The van der Waals surface area contributed by atoms with Crippen molar-refractivity contribution in [1.29, 1.82) is 0 Å². The van der Waals surface area contributed by atoms with E-state index in [1.165, 1.54) is 16.7 Å². The molecule has 1 atom stereocenters. The Hall–Kier alpha value is -2.94. The fourth-order valence-corrected chi connectivity index (χ4v) is 4.51. The van der Waals surface area contributed by atoms with Crippen LogP contribution in [-0.2, 0) is 0 Å². The summed E-state index contributed by atoms with van der Waals surface area (Å²) in [6, 6.07) is 9.76. The van der Waals surface area contributed by atoms with Gasteiger partial charge < -0.3 is 15.2 Å². The molecule has 2 aromatic carbocycles. The highest BCUT2D eigenvalue weighted by molar-refractivity contribution is 5.91. The quantitative estimate of drug-likeness (QED) is 0.506. The fourth-order valence-electron chi connectivity index (χ4n) is 4.51. The Bertz CT molecular complexity index is 1030. The van der Waals surface area contributed by atoms with Crippen molar-refractivity contribution in [2.45, 2.75) is 59.6 Å². The van der Waals surface area contributed by atoms with Crippen LogP contribution in [0.15, 0.2) is 60.7 Å². The van der Waals surface area contributed by atoms with Crippen LogP contribution in [0.2, 0.25) is 0 Å². The van der Waals surface area contributed by atoms with E-state index in [0.29, 0.717) is 0 Å². The van der Waals surface area contributed by atoms with E-state index in [0.717, 1.165) is 34.5 Å². The van der Waals surface area contributed by atoms with Gasteiger partial charge in [-0.2, -0.15) is 0 Å². The monoisotopic (exact) mass is 403 g/mol. The topological polar surface area (TPSA) is 41.5 Å². The van der Waals surface area contributed by atoms with Crippen molar-refractivity contribution in [3.05, 3.63) is 71.8 Å². The molecule has 3 nitrogen and oxygen atoms in total. The SMILES string of the molecule is C/C=C(\CC)C1Oc2cccc(O)c2-c2ccc3c(c21)C(C)=CC(C)(C)N3.C=CC. The standard InChI is InChI=1S/C24H27NO2.C3H6/c1-6-15(7-2)23-22-16(21-18(26)9-8-10-19(21)27-23)11-12-17-20(22)14(3)13-24(4,5)25-17;1-3-2/h6,8-13,23,25-26H,7H2,1-5H3;3H,1H2,2H3/b15-6+;. The van der Waals surface area contributed by atoms with Crippen LogP contribution in [0, 0.1) is 0 Å². The Balaban J connectivity index is 0.000000806. The molecular formula is C27H33NO2. The van der Waals surface area contributed by atoms with Gasteiger partial charge >= 0.3 is 0 Å². The third-order valence-electron chi connectivity index (χ3n) is 5.57. The minimum absolute atomic E-state index is 0.0927. The first kappa shape index (κ1) is 21.8. The average Bonchev–Trinajstić information content (AvgIpc) is 2.68. The Morgan fingerprint density at radius 1 is 1.20 bits per heavy atom. The number of hydrogen-bond donors (Lipinski definition) is 2. The molecule has 0 saturated heterocycles. The highest BCUT2D eigenvalue weighted by atomic mass is 16.5. The molecule has 2 aliphatic heterocycles. The highest BCUT2D eigenvalue weighted by Gasteiger charge is 2.35. The molecule has 0 amide bonds. The molecule has 0 radical (unpaired) electrons. The zero-order valence-corrected chi connectivity index (χ0v) is 19.0. The lowest BCUT2D eigenvalue weighted by atomic mass is 9.80. The number of ether oxygens (including phenoxy) is 1. The van der Waals surface area contributed by atoms with Crippen molar-refractivity contribution >= 4 is 11.3 Å². The van der Waals surface area contributed by atoms with Crippen molar-refractivity contribution < 1.29 is 9.84 Å². The number of nitrogens with one attached hydrogen (secondary N) is 1. The largest absolute Gasteiger partial charge is 0.507 e. The summed E-state index contributed by atoms with van der Waals surface area (Å²) in [6.07, 6.45) is 6.94. The van der Waals surface area contributed by atoms with Gasteiger partial charge in [0.05, 0.1) is 11.1 Å². The van der Waals surface area contributed by atoms with Gasteiger partial charge in [0.15, 0.2) is 0 Å². The van der Waals surface area contributed by atoms with Crippen molar-refractivity contribution in [2.24, 2.45) is 0 Å². The summed E-state index contributed by atoms with van der Waals surface area (Å²) in [7, 11) is 0. The number of rotatable bonds is 2.